The average Bonchev–Trinajstić information content (AvgIpc) is 3.75. The van der Waals surface area contributed by atoms with Crippen molar-refractivity contribution in [2.45, 2.75) is 59.0 Å². The molecule has 1 heterocycles. The molecule has 0 radical (unpaired) electrons. The Balaban J connectivity index is 1.94. The number of hydrogen-bond acceptors (Lipinski definition) is 12. The summed E-state index contributed by atoms with van der Waals surface area (Å²) in [6, 6.07) is 15.9. The lowest BCUT2D eigenvalue weighted by Gasteiger charge is -2.34. The van der Waals surface area contributed by atoms with Gasteiger partial charge < -0.3 is 65.3 Å². The molecule has 2 aromatic carbocycles. The Labute approximate surface area is 406 Å². The number of aliphatic hydroxyl groups is 1. The molecule has 0 aliphatic carbocycles. The first kappa shape index (κ1) is 57.4. The van der Waals surface area contributed by atoms with E-state index in [1.54, 1.807) is 30.2 Å². The van der Waals surface area contributed by atoms with Crippen LogP contribution in [0.1, 0.15) is 63.6 Å². The average molecular weight is 965 g/mol. The maximum Gasteiger partial charge on any atom is 0.243 e. The summed E-state index contributed by atoms with van der Waals surface area (Å²) in [7, 11) is 2.94. The summed E-state index contributed by atoms with van der Waals surface area (Å²) in [6.45, 7) is 4.12. The molecule has 69 heavy (non-hydrogen) atoms. The SMILES string of the molecule is CCN(CCCCN)C(=O)CN(CCO)C(=O)CN(C(=O)CN(CCCCN)C(=O)CN(CCOC)C(=O)CN(Cc1c[nH]c2ccccc12)C(=O)CN(CCOC)C(C)=O)[C@@H](C)c1ccccc1. The number of para-hydroxylation sites is 1. The number of carbonyl (C=O) groups is 7. The van der Waals surface area contributed by atoms with Gasteiger partial charge in [-0.2, -0.15) is 0 Å². The number of nitrogens with two attached hydrogens (primary N) is 2. The fourth-order valence-electron chi connectivity index (χ4n) is 7.71. The van der Waals surface area contributed by atoms with Crippen molar-refractivity contribution in [3.63, 3.8) is 0 Å². The van der Waals surface area contributed by atoms with Crippen LogP contribution in [0.4, 0.5) is 0 Å². The number of carbonyl (C=O) groups excluding carboxylic acids is 7. The lowest BCUT2D eigenvalue weighted by molar-refractivity contribution is -0.149. The number of aliphatic hydroxyl groups excluding tert-OH is 1. The maximum absolute atomic E-state index is 14.6. The van der Waals surface area contributed by atoms with Gasteiger partial charge in [-0.25, -0.2) is 0 Å². The van der Waals surface area contributed by atoms with Crippen molar-refractivity contribution in [3.05, 3.63) is 71.9 Å². The molecule has 0 aliphatic rings. The number of amides is 7. The third kappa shape index (κ3) is 18.8. The zero-order valence-electron chi connectivity index (χ0n) is 41.3. The lowest BCUT2D eigenvalue weighted by Crippen LogP contribution is -2.53. The van der Waals surface area contributed by atoms with Gasteiger partial charge in [-0.1, -0.05) is 48.5 Å². The molecule has 3 rings (SSSR count). The van der Waals surface area contributed by atoms with Gasteiger partial charge in [-0.15, -0.1) is 0 Å². The van der Waals surface area contributed by atoms with Crippen molar-refractivity contribution in [1.29, 1.82) is 0 Å². The monoisotopic (exact) mass is 965 g/mol. The number of aromatic nitrogens is 1. The van der Waals surface area contributed by atoms with Crippen LogP contribution in [0.2, 0.25) is 0 Å². The number of benzene rings is 2. The van der Waals surface area contributed by atoms with Gasteiger partial charge in [0.25, 0.3) is 0 Å². The van der Waals surface area contributed by atoms with Crippen molar-refractivity contribution >= 4 is 52.3 Å². The Kier molecular flexibility index (Phi) is 26.0. The largest absolute Gasteiger partial charge is 0.395 e. The number of methoxy groups -OCH3 is 2. The predicted molar refractivity (Wildman–Crippen MR) is 262 cm³/mol. The Morgan fingerprint density at radius 3 is 1.65 bits per heavy atom. The second-order valence-corrected chi connectivity index (χ2v) is 16.8. The van der Waals surface area contributed by atoms with Gasteiger partial charge in [0.05, 0.1) is 52.0 Å². The second-order valence-electron chi connectivity index (χ2n) is 16.8. The Bertz CT molecular complexity index is 2070. The van der Waals surface area contributed by atoms with Crippen LogP contribution in [0, 0.1) is 0 Å². The first-order valence-corrected chi connectivity index (χ1v) is 23.8. The zero-order valence-corrected chi connectivity index (χ0v) is 41.3. The fraction of sp³-hybridized carbons (Fsp3) is 0.571. The van der Waals surface area contributed by atoms with Crippen LogP contribution >= 0.6 is 0 Å². The van der Waals surface area contributed by atoms with E-state index in [9.17, 15) is 38.7 Å². The number of rotatable bonds is 33. The number of likely N-dealkylation sites (N-methyl/N-ethyl adjacent to an activating group) is 1. The molecule has 0 saturated heterocycles. The van der Waals surface area contributed by atoms with Crippen LogP contribution < -0.4 is 11.5 Å². The number of H-pyrrole nitrogens is 1. The molecule has 0 unspecified atom stereocenters. The normalized spacial score (nSPS) is 11.5. The second kappa shape index (κ2) is 31.2. The Hall–Kier alpha value is -5.93. The summed E-state index contributed by atoms with van der Waals surface area (Å²) in [5.74, 6) is -3.43. The van der Waals surface area contributed by atoms with Crippen molar-refractivity contribution < 1.29 is 48.1 Å². The molecule has 0 fully saturated rings. The molecule has 20 heteroatoms. The van der Waals surface area contributed by atoms with E-state index in [-0.39, 0.29) is 70.8 Å². The highest BCUT2D eigenvalue weighted by atomic mass is 16.5. The van der Waals surface area contributed by atoms with Gasteiger partial charge in [-0.05, 0) is 69.8 Å². The highest BCUT2D eigenvalue weighted by molar-refractivity contribution is 5.93. The topological polar surface area (TPSA) is 249 Å². The van der Waals surface area contributed by atoms with Crippen molar-refractivity contribution in [2.24, 2.45) is 11.5 Å². The smallest absolute Gasteiger partial charge is 0.243 e. The summed E-state index contributed by atoms with van der Waals surface area (Å²) in [5.41, 5.74) is 13.8. The molecule has 0 saturated carbocycles. The molecule has 0 aliphatic heterocycles. The van der Waals surface area contributed by atoms with E-state index in [1.165, 1.54) is 50.5 Å². The van der Waals surface area contributed by atoms with Crippen LogP contribution in [0.25, 0.3) is 10.9 Å². The van der Waals surface area contributed by atoms with E-state index in [4.69, 9.17) is 20.9 Å². The number of fused-ring (bicyclic) bond motifs is 1. The molecule has 3 aromatic rings. The lowest BCUT2D eigenvalue weighted by atomic mass is 10.1. The van der Waals surface area contributed by atoms with Gasteiger partial charge in [-0.3, -0.25) is 33.6 Å². The van der Waals surface area contributed by atoms with Gasteiger partial charge in [0, 0.05) is 84.1 Å². The third-order valence-electron chi connectivity index (χ3n) is 11.9. The summed E-state index contributed by atoms with van der Waals surface area (Å²) in [4.78, 5) is 110. The summed E-state index contributed by atoms with van der Waals surface area (Å²) >= 11 is 0. The fourth-order valence-corrected chi connectivity index (χ4v) is 7.71. The third-order valence-corrected chi connectivity index (χ3v) is 11.9. The van der Waals surface area contributed by atoms with E-state index >= 15 is 0 Å². The molecule has 0 spiro atoms. The molecule has 6 N–H and O–H groups in total. The number of nitrogens with one attached hydrogen (secondary N) is 1. The van der Waals surface area contributed by atoms with Crippen molar-refractivity contribution in [1.82, 2.24) is 39.3 Å². The molecule has 0 bridgehead atoms. The number of nitrogens with zero attached hydrogens (tertiary/aromatic N) is 7. The standard InChI is InChI=1S/C49H76N10O10/c1-6-53(22-14-12-20-50)44(62)33-56(24-27-60)48(66)37-59(38(2)40-16-8-7-9-17-40)49(67)36-55(23-15-13-21-51)45(63)34-57(26-29-69-5)46(64)35-58(47(65)32-54(39(3)61)25-28-68-4)31-41-30-52-43-19-11-10-18-42(41)43/h7-11,16-19,30,38,52,60H,6,12-15,20-29,31-37,50-51H2,1-5H3/t38-/m0/s1. The molecule has 20 nitrogen and oxygen atoms in total. The highest BCUT2D eigenvalue weighted by Crippen LogP contribution is 2.22. The summed E-state index contributed by atoms with van der Waals surface area (Å²) in [6.07, 6.45) is 4.15. The quantitative estimate of drug-likeness (QED) is 0.0626. The molecule has 7 amide bonds. The van der Waals surface area contributed by atoms with E-state index < -0.39 is 68.4 Å². The van der Waals surface area contributed by atoms with E-state index in [0.29, 0.717) is 45.4 Å². The molecule has 1 aromatic heterocycles. The summed E-state index contributed by atoms with van der Waals surface area (Å²) < 4.78 is 10.5. The number of hydrogen-bond donors (Lipinski definition) is 4. The minimum absolute atomic E-state index is 0.0140. The minimum atomic E-state index is -0.660. The first-order valence-electron chi connectivity index (χ1n) is 23.8. The van der Waals surface area contributed by atoms with Gasteiger partial charge in [0.2, 0.25) is 41.4 Å². The highest BCUT2D eigenvalue weighted by Gasteiger charge is 2.32. The van der Waals surface area contributed by atoms with Gasteiger partial charge >= 0.3 is 0 Å². The minimum Gasteiger partial charge on any atom is -0.395 e. The first-order chi connectivity index (χ1) is 33.2. The van der Waals surface area contributed by atoms with Crippen LogP contribution in [0.3, 0.4) is 0 Å². The Morgan fingerprint density at radius 2 is 1.07 bits per heavy atom. The maximum atomic E-state index is 14.6. The predicted octanol–water partition coefficient (Wildman–Crippen LogP) is 1.03. The van der Waals surface area contributed by atoms with Crippen LogP contribution in [0.5, 0.6) is 0 Å². The van der Waals surface area contributed by atoms with Crippen LogP contribution in [0.15, 0.2) is 60.8 Å². The van der Waals surface area contributed by atoms with Crippen LogP contribution in [-0.2, 0) is 49.6 Å². The zero-order chi connectivity index (χ0) is 50.7. The van der Waals surface area contributed by atoms with E-state index in [0.717, 1.165) is 28.5 Å². The van der Waals surface area contributed by atoms with E-state index in [2.05, 4.69) is 4.98 Å². The molecular weight excluding hydrogens is 889 g/mol. The van der Waals surface area contributed by atoms with Gasteiger partial charge in [0.15, 0.2) is 0 Å². The van der Waals surface area contributed by atoms with Crippen molar-refractivity contribution in [3.8, 4) is 0 Å². The number of unbranched alkanes of at least 4 members (excludes halogenated alkanes) is 2. The van der Waals surface area contributed by atoms with Crippen molar-refractivity contribution in [2.75, 3.05) is 126 Å². The molecular formula is C49H76N10O10. The molecule has 1 atom stereocenters. The van der Waals surface area contributed by atoms with Crippen LogP contribution in [-0.4, -0.2) is 211 Å². The Morgan fingerprint density at radius 1 is 0.594 bits per heavy atom. The number of aromatic amines is 1. The number of ether oxygens (including phenoxy) is 2. The summed E-state index contributed by atoms with van der Waals surface area (Å²) in [5, 5.41) is 10.8. The van der Waals surface area contributed by atoms with E-state index in [1.807, 2.05) is 49.4 Å². The molecule has 382 valence electrons. The van der Waals surface area contributed by atoms with Gasteiger partial charge in [0.1, 0.15) is 13.1 Å².